The Hall–Kier alpha value is -0.610. The van der Waals surface area contributed by atoms with Crippen LogP contribution in [-0.2, 0) is 9.53 Å². The van der Waals surface area contributed by atoms with Crippen LogP contribution in [0.1, 0.15) is 13.3 Å². The van der Waals surface area contributed by atoms with Gasteiger partial charge in [-0.25, -0.2) is 4.79 Å². The number of hydrogen-bond donors (Lipinski definition) is 2. The van der Waals surface area contributed by atoms with Gasteiger partial charge in [-0.3, -0.25) is 0 Å². The molecule has 3 atom stereocenters. The third-order valence-electron chi connectivity index (χ3n) is 1.62. The molecule has 4 nitrogen and oxygen atoms in total. The molecule has 1 rings (SSSR count). The second-order valence-corrected chi connectivity index (χ2v) is 2.32. The van der Waals surface area contributed by atoms with Gasteiger partial charge in [0, 0.05) is 0 Å². The lowest BCUT2D eigenvalue weighted by molar-refractivity contribution is -0.147. The molecule has 0 aromatic heterocycles. The van der Waals surface area contributed by atoms with E-state index in [1.54, 1.807) is 6.92 Å². The molecule has 0 saturated carbocycles. The highest BCUT2D eigenvalue weighted by Crippen LogP contribution is 2.17. The molecule has 1 heterocycles. The average Bonchev–Trinajstić information content (AvgIpc) is 2.17. The van der Waals surface area contributed by atoms with Crippen molar-refractivity contribution in [3.63, 3.8) is 0 Å². The smallest absolute Gasteiger partial charge is 0.338 e. The molecule has 10 heavy (non-hydrogen) atoms. The van der Waals surface area contributed by atoms with Crippen LogP contribution in [0.5, 0.6) is 0 Å². The van der Waals surface area contributed by atoms with E-state index in [1.807, 2.05) is 0 Å². The molecule has 58 valence electrons. The molecule has 1 fully saturated rings. The molecular formula is C6H10O4. The largest absolute Gasteiger partial charge is 0.458 e. The maximum atomic E-state index is 10.5. The van der Waals surface area contributed by atoms with Crippen molar-refractivity contribution in [3.8, 4) is 0 Å². The first-order valence-corrected chi connectivity index (χ1v) is 3.23. The van der Waals surface area contributed by atoms with Crippen molar-refractivity contribution in [3.05, 3.63) is 0 Å². The molecule has 0 aromatic carbocycles. The highest BCUT2D eigenvalue weighted by Gasteiger charge is 2.41. The van der Waals surface area contributed by atoms with Gasteiger partial charge < -0.3 is 14.9 Å². The van der Waals surface area contributed by atoms with Crippen LogP contribution in [0.4, 0.5) is 0 Å². The zero-order chi connectivity index (χ0) is 7.72. The van der Waals surface area contributed by atoms with E-state index in [2.05, 4.69) is 4.74 Å². The summed E-state index contributed by atoms with van der Waals surface area (Å²) < 4.78 is 4.60. The Morgan fingerprint density at radius 2 is 2.20 bits per heavy atom. The van der Waals surface area contributed by atoms with Gasteiger partial charge in [-0.2, -0.15) is 0 Å². The van der Waals surface area contributed by atoms with Crippen LogP contribution in [0.15, 0.2) is 0 Å². The number of rotatable bonds is 1. The molecule has 1 aliphatic rings. The fourth-order valence-electron chi connectivity index (χ4n) is 0.956. The zero-order valence-corrected chi connectivity index (χ0v) is 5.65. The fraction of sp³-hybridized carbons (Fsp3) is 0.833. The molecule has 4 heteroatoms. The number of aliphatic hydroxyl groups is 2. The van der Waals surface area contributed by atoms with Crippen molar-refractivity contribution in [1.82, 2.24) is 0 Å². The van der Waals surface area contributed by atoms with Crippen LogP contribution in [-0.4, -0.2) is 34.5 Å². The molecule has 0 unspecified atom stereocenters. The number of ether oxygens (including phenoxy) is 1. The Morgan fingerprint density at radius 3 is 2.40 bits per heavy atom. The Kier molecular flexibility index (Phi) is 1.92. The van der Waals surface area contributed by atoms with Crippen molar-refractivity contribution >= 4 is 5.97 Å². The summed E-state index contributed by atoms with van der Waals surface area (Å²) in [6.45, 7) is 1.78. The molecule has 0 aliphatic carbocycles. The first-order valence-electron chi connectivity index (χ1n) is 3.23. The summed E-state index contributed by atoms with van der Waals surface area (Å²) in [5, 5.41) is 17.9. The highest BCUT2D eigenvalue weighted by atomic mass is 16.6. The summed E-state index contributed by atoms with van der Waals surface area (Å²) in [4.78, 5) is 10.5. The van der Waals surface area contributed by atoms with E-state index in [9.17, 15) is 4.79 Å². The molecule has 0 amide bonds. The van der Waals surface area contributed by atoms with Crippen molar-refractivity contribution in [1.29, 1.82) is 0 Å². The van der Waals surface area contributed by atoms with Gasteiger partial charge in [0.25, 0.3) is 0 Å². The Bertz CT molecular complexity index is 145. The van der Waals surface area contributed by atoms with Gasteiger partial charge in [-0.1, -0.05) is 6.92 Å². The van der Waals surface area contributed by atoms with Crippen LogP contribution >= 0.6 is 0 Å². The normalized spacial score (nSPS) is 39.9. The first-order chi connectivity index (χ1) is 4.66. The van der Waals surface area contributed by atoms with E-state index in [4.69, 9.17) is 10.2 Å². The molecule has 2 N–H and O–H groups in total. The predicted octanol–water partition coefficient (Wildman–Crippen LogP) is -0.956. The minimum Gasteiger partial charge on any atom is -0.458 e. The standard InChI is InChI=1S/C6H10O4/c1-2-3-4(7)5(8)6(9)10-3/h3-5,7-8H,2H2,1H3/t3-,4-,5-/m0/s1. The number of esters is 1. The lowest BCUT2D eigenvalue weighted by Gasteiger charge is -2.09. The Labute approximate surface area is 58.4 Å². The summed E-state index contributed by atoms with van der Waals surface area (Å²) in [5.41, 5.74) is 0. The summed E-state index contributed by atoms with van der Waals surface area (Å²) in [6, 6.07) is 0. The highest BCUT2D eigenvalue weighted by molar-refractivity contribution is 5.77. The molecule has 0 spiro atoms. The van der Waals surface area contributed by atoms with E-state index < -0.39 is 24.3 Å². The molecule has 0 aromatic rings. The van der Waals surface area contributed by atoms with Gasteiger partial charge >= 0.3 is 5.97 Å². The fourth-order valence-corrected chi connectivity index (χ4v) is 0.956. The summed E-state index contributed by atoms with van der Waals surface area (Å²) in [5.74, 6) is -0.723. The third-order valence-corrected chi connectivity index (χ3v) is 1.62. The minimum absolute atomic E-state index is 0.525. The van der Waals surface area contributed by atoms with Gasteiger partial charge in [-0.05, 0) is 6.42 Å². The van der Waals surface area contributed by atoms with Crippen LogP contribution in [0, 0.1) is 0 Å². The summed E-state index contributed by atoms with van der Waals surface area (Å²) in [6.07, 6.45) is -2.38. The lowest BCUT2D eigenvalue weighted by Crippen LogP contribution is -2.30. The van der Waals surface area contributed by atoms with Crippen molar-refractivity contribution in [2.45, 2.75) is 31.7 Å². The summed E-state index contributed by atoms with van der Waals surface area (Å²) >= 11 is 0. The Balaban J connectivity index is 2.61. The van der Waals surface area contributed by atoms with Gasteiger partial charge in [0.15, 0.2) is 6.10 Å². The average molecular weight is 146 g/mol. The quantitative estimate of drug-likeness (QED) is 0.468. The van der Waals surface area contributed by atoms with Crippen LogP contribution < -0.4 is 0 Å². The van der Waals surface area contributed by atoms with E-state index in [0.29, 0.717) is 6.42 Å². The first kappa shape index (κ1) is 7.50. The van der Waals surface area contributed by atoms with Gasteiger partial charge in [-0.15, -0.1) is 0 Å². The monoisotopic (exact) mass is 146 g/mol. The molecule has 0 radical (unpaired) electrons. The molecular weight excluding hydrogens is 136 g/mol. The third kappa shape index (κ3) is 0.998. The van der Waals surface area contributed by atoms with E-state index >= 15 is 0 Å². The maximum Gasteiger partial charge on any atom is 0.338 e. The maximum absolute atomic E-state index is 10.5. The molecule has 0 bridgehead atoms. The number of aliphatic hydroxyl groups excluding tert-OH is 2. The topological polar surface area (TPSA) is 66.8 Å². The molecule has 1 aliphatic heterocycles. The lowest BCUT2D eigenvalue weighted by atomic mass is 10.1. The van der Waals surface area contributed by atoms with Gasteiger partial charge in [0.1, 0.15) is 12.2 Å². The second-order valence-electron chi connectivity index (χ2n) is 2.32. The van der Waals surface area contributed by atoms with Crippen LogP contribution in [0.2, 0.25) is 0 Å². The SMILES string of the molecule is CC[C@@H]1OC(=O)[C@@H](O)[C@H]1O. The van der Waals surface area contributed by atoms with Crippen LogP contribution in [0.25, 0.3) is 0 Å². The second kappa shape index (κ2) is 2.56. The Morgan fingerprint density at radius 1 is 1.60 bits per heavy atom. The van der Waals surface area contributed by atoms with Gasteiger partial charge in [0.05, 0.1) is 0 Å². The van der Waals surface area contributed by atoms with Crippen molar-refractivity contribution < 1.29 is 19.7 Å². The molecule has 1 saturated heterocycles. The predicted molar refractivity (Wildman–Crippen MR) is 32.2 cm³/mol. The van der Waals surface area contributed by atoms with E-state index in [1.165, 1.54) is 0 Å². The number of carbonyl (C=O) groups is 1. The minimum atomic E-state index is -1.34. The van der Waals surface area contributed by atoms with E-state index in [-0.39, 0.29) is 0 Å². The number of hydrogen-bond acceptors (Lipinski definition) is 4. The van der Waals surface area contributed by atoms with Crippen molar-refractivity contribution in [2.75, 3.05) is 0 Å². The van der Waals surface area contributed by atoms with E-state index in [0.717, 1.165) is 0 Å². The van der Waals surface area contributed by atoms with Crippen molar-refractivity contribution in [2.24, 2.45) is 0 Å². The number of carbonyl (C=O) groups excluding carboxylic acids is 1. The van der Waals surface area contributed by atoms with Crippen LogP contribution in [0.3, 0.4) is 0 Å². The number of cyclic esters (lactones) is 1. The summed E-state index contributed by atoms with van der Waals surface area (Å²) in [7, 11) is 0. The zero-order valence-electron chi connectivity index (χ0n) is 5.65. The van der Waals surface area contributed by atoms with Gasteiger partial charge in [0.2, 0.25) is 0 Å².